The molecule has 0 fully saturated rings. The van der Waals surface area contributed by atoms with Crippen molar-refractivity contribution in [3.63, 3.8) is 0 Å². The second-order valence-electron chi connectivity index (χ2n) is 7.27. The van der Waals surface area contributed by atoms with E-state index in [0.29, 0.717) is 22.6 Å². The van der Waals surface area contributed by atoms with Crippen molar-refractivity contribution in [2.75, 3.05) is 6.54 Å². The van der Waals surface area contributed by atoms with E-state index in [1.54, 1.807) is 31.2 Å². The molecular weight excluding hydrogens is 376 g/mol. The molecule has 28 heavy (non-hydrogen) atoms. The maximum Gasteiger partial charge on any atom is 0.251 e. The van der Waals surface area contributed by atoms with Crippen LogP contribution in [-0.2, 0) is 16.8 Å². The number of amides is 1. The molecule has 1 atom stereocenters. The number of halogens is 1. The Labute approximate surface area is 168 Å². The van der Waals surface area contributed by atoms with Crippen molar-refractivity contribution in [2.24, 2.45) is 0 Å². The van der Waals surface area contributed by atoms with Crippen LogP contribution in [0.4, 0.5) is 0 Å². The summed E-state index contributed by atoms with van der Waals surface area (Å²) in [6.07, 6.45) is 0.491. The molecule has 3 N–H and O–H groups in total. The third-order valence-corrected chi connectivity index (χ3v) is 5.05. The largest absolute Gasteiger partial charge is 0.384 e. The van der Waals surface area contributed by atoms with E-state index in [4.69, 9.17) is 11.6 Å². The van der Waals surface area contributed by atoms with Gasteiger partial charge in [-0.25, -0.2) is 0 Å². The fraction of sp³-hybridized carbons (Fsp3) is 0.273. The molecule has 0 aliphatic heterocycles. The highest BCUT2D eigenvalue weighted by atomic mass is 35.5. The van der Waals surface area contributed by atoms with Crippen LogP contribution in [0.15, 0.2) is 53.3 Å². The molecule has 2 aromatic carbocycles. The van der Waals surface area contributed by atoms with E-state index < -0.39 is 5.60 Å². The Morgan fingerprint density at radius 1 is 1.18 bits per heavy atom. The van der Waals surface area contributed by atoms with E-state index >= 15 is 0 Å². The zero-order valence-corrected chi connectivity index (χ0v) is 16.6. The summed E-state index contributed by atoms with van der Waals surface area (Å²) in [6, 6.07) is 14.5. The highest BCUT2D eigenvalue weighted by Crippen LogP contribution is 2.21. The first-order valence-corrected chi connectivity index (χ1v) is 9.50. The monoisotopic (exact) mass is 398 g/mol. The molecule has 6 heteroatoms. The number of pyridine rings is 1. The van der Waals surface area contributed by atoms with Crippen LogP contribution in [0, 0.1) is 6.92 Å². The van der Waals surface area contributed by atoms with Gasteiger partial charge in [-0.2, -0.15) is 0 Å². The summed E-state index contributed by atoms with van der Waals surface area (Å²) in [5.41, 5.74) is 1.70. The van der Waals surface area contributed by atoms with Gasteiger partial charge in [0.15, 0.2) is 0 Å². The van der Waals surface area contributed by atoms with Gasteiger partial charge in [0.05, 0.1) is 6.54 Å². The SMILES string of the molecule is Cc1ccc2cc(CCC(=O)NCC(C)(O)c3ccc(Cl)cc3)c(=O)[nH]c2c1. The minimum absolute atomic E-state index is 0.0703. The third-order valence-electron chi connectivity index (χ3n) is 4.80. The lowest BCUT2D eigenvalue weighted by Crippen LogP contribution is -2.38. The quantitative estimate of drug-likeness (QED) is 0.594. The summed E-state index contributed by atoms with van der Waals surface area (Å²) < 4.78 is 0. The van der Waals surface area contributed by atoms with Gasteiger partial charge in [-0.05, 0) is 61.0 Å². The number of fused-ring (bicyclic) bond motifs is 1. The summed E-state index contributed by atoms with van der Waals surface area (Å²) >= 11 is 5.87. The highest BCUT2D eigenvalue weighted by molar-refractivity contribution is 6.30. The Morgan fingerprint density at radius 2 is 1.89 bits per heavy atom. The van der Waals surface area contributed by atoms with Gasteiger partial charge < -0.3 is 15.4 Å². The molecule has 0 aliphatic rings. The smallest absolute Gasteiger partial charge is 0.251 e. The Bertz CT molecular complexity index is 1060. The van der Waals surface area contributed by atoms with Crippen LogP contribution in [0.25, 0.3) is 10.9 Å². The van der Waals surface area contributed by atoms with E-state index in [1.165, 1.54) is 0 Å². The molecule has 0 bridgehead atoms. The number of rotatable bonds is 6. The molecule has 0 saturated heterocycles. The Hall–Kier alpha value is -2.63. The van der Waals surface area contributed by atoms with Crippen molar-refractivity contribution in [3.8, 4) is 0 Å². The number of carbonyl (C=O) groups excluding carboxylic acids is 1. The van der Waals surface area contributed by atoms with E-state index in [9.17, 15) is 14.7 Å². The lowest BCUT2D eigenvalue weighted by molar-refractivity contribution is -0.122. The number of H-pyrrole nitrogens is 1. The lowest BCUT2D eigenvalue weighted by atomic mass is 9.96. The van der Waals surface area contributed by atoms with Gasteiger partial charge in [-0.3, -0.25) is 9.59 Å². The molecule has 1 unspecified atom stereocenters. The molecule has 1 aromatic heterocycles. The summed E-state index contributed by atoms with van der Waals surface area (Å²) in [6.45, 7) is 3.67. The van der Waals surface area contributed by atoms with Crippen LogP contribution in [0.2, 0.25) is 5.02 Å². The van der Waals surface area contributed by atoms with Gasteiger partial charge in [-0.15, -0.1) is 0 Å². The first kappa shape index (κ1) is 20.1. The molecule has 146 valence electrons. The maximum absolute atomic E-state index is 12.2. The number of carbonyl (C=O) groups is 1. The van der Waals surface area contributed by atoms with Crippen LogP contribution in [-0.4, -0.2) is 22.5 Å². The maximum atomic E-state index is 12.2. The molecule has 3 aromatic rings. The summed E-state index contributed by atoms with van der Waals surface area (Å²) in [4.78, 5) is 27.3. The minimum Gasteiger partial charge on any atom is -0.384 e. The molecule has 0 aliphatic carbocycles. The van der Waals surface area contributed by atoms with Gasteiger partial charge in [0.1, 0.15) is 5.60 Å². The summed E-state index contributed by atoms with van der Waals surface area (Å²) in [5.74, 6) is -0.224. The second kappa shape index (κ2) is 8.17. The van der Waals surface area contributed by atoms with Crippen LogP contribution < -0.4 is 10.9 Å². The summed E-state index contributed by atoms with van der Waals surface area (Å²) in [7, 11) is 0. The van der Waals surface area contributed by atoms with Gasteiger partial charge in [0.25, 0.3) is 5.56 Å². The highest BCUT2D eigenvalue weighted by Gasteiger charge is 2.23. The van der Waals surface area contributed by atoms with Crippen molar-refractivity contribution >= 4 is 28.4 Å². The molecular formula is C22H23ClN2O3. The topological polar surface area (TPSA) is 82.2 Å². The summed E-state index contributed by atoms with van der Waals surface area (Å²) in [5, 5.41) is 14.8. The number of nitrogens with one attached hydrogen (secondary N) is 2. The first-order valence-electron chi connectivity index (χ1n) is 9.12. The van der Waals surface area contributed by atoms with Crippen LogP contribution in [0.5, 0.6) is 0 Å². The van der Waals surface area contributed by atoms with Crippen molar-refractivity contribution in [3.05, 3.63) is 80.6 Å². The molecule has 1 amide bonds. The molecule has 1 heterocycles. The Morgan fingerprint density at radius 3 is 2.61 bits per heavy atom. The Balaban J connectivity index is 1.60. The normalized spacial score (nSPS) is 13.3. The number of hydrogen-bond acceptors (Lipinski definition) is 3. The van der Waals surface area contributed by atoms with Crippen molar-refractivity contribution in [1.82, 2.24) is 10.3 Å². The van der Waals surface area contributed by atoms with Gasteiger partial charge in [0.2, 0.25) is 5.91 Å². The van der Waals surface area contributed by atoms with Gasteiger partial charge >= 0.3 is 0 Å². The fourth-order valence-electron chi connectivity index (χ4n) is 3.06. The molecule has 3 rings (SSSR count). The Kier molecular flexibility index (Phi) is 5.87. The van der Waals surface area contributed by atoms with Crippen molar-refractivity contribution in [2.45, 2.75) is 32.3 Å². The van der Waals surface area contributed by atoms with Gasteiger partial charge in [0, 0.05) is 22.5 Å². The molecule has 0 saturated carbocycles. The number of aliphatic hydroxyl groups is 1. The number of benzene rings is 2. The lowest BCUT2D eigenvalue weighted by Gasteiger charge is -2.24. The number of aromatic nitrogens is 1. The number of aryl methyl sites for hydroxylation is 2. The third kappa shape index (κ3) is 4.80. The van der Waals surface area contributed by atoms with Gasteiger partial charge in [-0.1, -0.05) is 35.9 Å². The van der Waals surface area contributed by atoms with Crippen molar-refractivity contribution in [1.29, 1.82) is 0 Å². The fourth-order valence-corrected chi connectivity index (χ4v) is 3.19. The van der Waals surface area contributed by atoms with Crippen LogP contribution >= 0.6 is 11.6 Å². The van der Waals surface area contributed by atoms with Crippen LogP contribution in [0.1, 0.15) is 30.0 Å². The molecule has 5 nitrogen and oxygen atoms in total. The number of aromatic amines is 1. The van der Waals surface area contributed by atoms with E-state index in [0.717, 1.165) is 16.5 Å². The average Bonchev–Trinajstić information content (AvgIpc) is 2.65. The zero-order valence-electron chi connectivity index (χ0n) is 15.9. The number of hydrogen-bond donors (Lipinski definition) is 3. The first-order chi connectivity index (χ1) is 13.2. The minimum atomic E-state index is -1.21. The van der Waals surface area contributed by atoms with Crippen molar-refractivity contribution < 1.29 is 9.90 Å². The standard InChI is InChI=1S/C22H23ClN2O3/c1-14-3-4-15-12-16(21(27)25-19(15)11-14)5-10-20(26)24-13-22(2,28)17-6-8-18(23)9-7-17/h3-4,6-9,11-12,28H,5,10,13H2,1-2H3,(H,24,26)(H,25,27). The average molecular weight is 399 g/mol. The van der Waals surface area contributed by atoms with Crippen LogP contribution in [0.3, 0.4) is 0 Å². The van der Waals surface area contributed by atoms with E-state index in [-0.39, 0.29) is 24.4 Å². The molecule has 0 spiro atoms. The van der Waals surface area contributed by atoms with E-state index in [1.807, 2.05) is 31.2 Å². The molecule has 0 radical (unpaired) electrons. The predicted molar refractivity (Wildman–Crippen MR) is 112 cm³/mol. The zero-order chi connectivity index (χ0) is 20.3. The second-order valence-corrected chi connectivity index (χ2v) is 7.71. The van der Waals surface area contributed by atoms with E-state index in [2.05, 4.69) is 10.3 Å². The predicted octanol–water partition coefficient (Wildman–Crippen LogP) is 3.45.